The van der Waals surface area contributed by atoms with E-state index < -0.39 is 157 Å². The Hall–Kier alpha value is -9.38. The molecular weight excluding hydrogens is 1240 g/mol. The Balaban J connectivity index is 0.00000381. The Labute approximate surface area is 558 Å². The second-order valence-corrected chi connectivity index (χ2v) is 25.6. The molecule has 6 rings (SSSR count). The molecule has 1 saturated carbocycles. The number of carbonyl (C=O) groups excluding carboxylic acids is 11. The molecule has 0 bridgehead atoms. The summed E-state index contributed by atoms with van der Waals surface area (Å²) in [5.41, 5.74) is 17.9. The van der Waals surface area contributed by atoms with Gasteiger partial charge < -0.3 is 78.7 Å². The number of imidazole rings is 1. The second-order valence-electron chi connectivity index (χ2n) is 25.6. The van der Waals surface area contributed by atoms with Crippen LogP contribution in [0.1, 0.15) is 136 Å². The van der Waals surface area contributed by atoms with Crippen molar-refractivity contribution in [2.45, 2.75) is 175 Å². The normalized spacial score (nSPS) is 16.6. The van der Waals surface area contributed by atoms with Gasteiger partial charge in [0.05, 0.1) is 43.8 Å². The summed E-state index contributed by atoms with van der Waals surface area (Å²) in [4.78, 5) is 177. The third-order valence-corrected chi connectivity index (χ3v) is 16.3. The molecule has 1 aliphatic carbocycles. The van der Waals surface area contributed by atoms with E-state index in [0.717, 1.165) is 17.8 Å². The molecule has 96 heavy (non-hydrogen) atoms. The minimum Gasteiger partial charge on any atom is -0.508 e. The van der Waals surface area contributed by atoms with E-state index in [1.165, 1.54) is 41.7 Å². The highest BCUT2D eigenvalue weighted by atomic mass is 16.5. The number of carboxylic acids is 1. The number of phenols is 1. The molecule has 9 atom stereocenters. The number of para-hydroxylation sites is 1. The number of carboxylic acid groups (broad SMARTS) is 1. The maximum atomic E-state index is 14.9. The SMILES string of the molecule is C.CC(=O)O.CC(C)CC(CC(=O)C(COC(C)(C)C)NC(=O)C(CC(=O)C(CO)NC(=O)C(CC(=O)C(Cc1cnc[nH]1)NC(=O)C1CCC(=O)C1)Cc1c[nH]c2ccccc12)Cc1ccc(O)cc1)C(=O)NC(CCCN=C(N)N)C(=O)N1CCCC1C(=O)CNC(N)=O. The van der Waals surface area contributed by atoms with Crippen molar-refractivity contribution in [2.75, 3.05) is 32.8 Å². The van der Waals surface area contributed by atoms with E-state index in [0.29, 0.717) is 36.1 Å². The van der Waals surface area contributed by atoms with Gasteiger partial charge in [-0.2, -0.15) is 0 Å². The molecule has 0 spiro atoms. The van der Waals surface area contributed by atoms with Crippen LogP contribution in [0, 0.1) is 29.6 Å². The van der Waals surface area contributed by atoms with E-state index in [2.05, 4.69) is 46.5 Å². The van der Waals surface area contributed by atoms with Gasteiger partial charge in [0.15, 0.2) is 29.1 Å². The van der Waals surface area contributed by atoms with Crippen LogP contribution >= 0.6 is 0 Å². The van der Waals surface area contributed by atoms with Gasteiger partial charge in [-0.1, -0.05) is 51.6 Å². The lowest BCUT2D eigenvalue weighted by atomic mass is 9.88. The number of amides is 7. The van der Waals surface area contributed by atoms with Crippen molar-refractivity contribution in [2.24, 2.45) is 51.8 Å². The number of aliphatic hydroxyl groups excluding tert-OH is 1. The van der Waals surface area contributed by atoms with Crippen molar-refractivity contribution >= 4 is 87.3 Å². The quantitative estimate of drug-likeness (QED) is 0.0177. The molecule has 9 unspecified atom stereocenters. The van der Waals surface area contributed by atoms with Crippen molar-refractivity contribution in [3.63, 3.8) is 0 Å². The number of nitrogens with zero attached hydrogens (tertiary/aromatic N) is 3. The zero-order chi connectivity index (χ0) is 70.1. The fourth-order valence-electron chi connectivity index (χ4n) is 11.5. The highest BCUT2D eigenvalue weighted by Gasteiger charge is 2.40. The number of phenolic OH excluding ortho intramolecular Hbond substituents is 1. The summed E-state index contributed by atoms with van der Waals surface area (Å²) in [5.74, 6) is -11.3. The largest absolute Gasteiger partial charge is 0.508 e. The van der Waals surface area contributed by atoms with Crippen LogP contribution in [0.5, 0.6) is 5.75 Å². The Bertz CT molecular complexity index is 3330. The van der Waals surface area contributed by atoms with E-state index in [4.69, 9.17) is 31.8 Å². The van der Waals surface area contributed by atoms with Crippen LogP contribution in [0.2, 0.25) is 0 Å². The zero-order valence-electron chi connectivity index (χ0n) is 54.8. The number of guanidine groups is 1. The molecular formula is C67H97N13O16. The Morgan fingerprint density at radius 3 is 1.98 bits per heavy atom. The molecule has 29 nitrogen and oxygen atoms in total. The summed E-state index contributed by atoms with van der Waals surface area (Å²) in [6.07, 6.45) is 4.66. The number of aromatic amines is 2. The first-order valence-electron chi connectivity index (χ1n) is 31.9. The lowest BCUT2D eigenvalue weighted by Gasteiger charge is -2.30. The number of aliphatic imine (C=N–C) groups is 1. The van der Waals surface area contributed by atoms with Crippen LogP contribution in [0.4, 0.5) is 4.79 Å². The number of ether oxygens (including phenoxy) is 1. The molecule has 3 heterocycles. The second kappa shape index (κ2) is 38.2. The van der Waals surface area contributed by atoms with Gasteiger partial charge in [0.1, 0.15) is 29.7 Å². The number of Topliss-reactive ketones (excluding diaryl/α,β-unsaturated/α-hetero) is 5. The number of nitrogens with two attached hydrogens (primary N) is 3. The third kappa shape index (κ3) is 26.1. The van der Waals surface area contributed by atoms with Crippen molar-refractivity contribution in [1.29, 1.82) is 0 Å². The minimum atomic E-state index is -1.63. The van der Waals surface area contributed by atoms with Gasteiger partial charge in [0, 0.05) is 111 Å². The number of aromatic hydroxyl groups is 1. The number of hydrogen-bond acceptors (Lipinski definition) is 17. The van der Waals surface area contributed by atoms with Crippen LogP contribution in [-0.4, -0.2) is 180 Å². The number of aliphatic hydroxyl groups is 1. The Kier molecular flexibility index (Phi) is 31.5. The first-order chi connectivity index (χ1) is 44.9. The van der Waals surface area contributed by atoms with Gasteiger partial charge in [-0.25, -0.2) is 9.78 Å². The third-order valence-electron chi connectivity index (χ3n) is 16.3. The van der Waals surface area contributed by atoms with E-state index >= 15 is 0 Å². The number of likely N-dealkylation sites (tertiary alicyclic amines) is 1. The van der Waals surface area contributed by atoms with Crippen LogP contribution in [-0.2, 0) is 76.7 Å². The molecule has 2 aliphatic rings. The number of ketones is 5. The van der Waals surface area contributed by atoms with Crippen molar-refractivity contribution < 1.29 is 77.6 Å². The number of primary amides is 1. The maximum absolute atomic E-state index is 14.9. The number of rotatable bonds is 36. The molecule has 1 aliphatic heterocycles. The lowest BCUT2D eigenvalue weighted by molar-refractivity contribution is -0.142. The number of fused-ring (bicyclic) bond motifs is 1. The van der Waals surface area contributed by atoms with Gasteiger partial charge in [0.2, 0.25) is 29.5 Å². The van der Waals surface area contributed by atoms with Crippen molar-refractivity contribution in [3.05, 3.63) is 84.1 Å². The van der Waals surface area contributed by atoms with Crippen LogP contribution < -0.4 is 43.8 Å². The Morgan fingerprint density at radius 1 is 0.781 bits per heavy atom. The molecule has 2 aromatic carbocycles. The minimum absolute atomic E-state index is 0. The molecule has 7 amide bonds. The first kappa shape index (κ1) is 79.1. The van der Waals surface area contributed by atoms with Gasteiger partial charge in [-0.05, 0) is 107 Å². The standard InChI is InChI=1S/C64H89N13O14.C2H4O2.CH4/c1-36(2)22-39(58(86)73-48(12-8-20-69-62(65)66)61(89)77-21-9-13-52(77)56(84)32-71-63(67)90)26-55(83)51(34-91-64(3,4)5)76-59(87)40(23-37-14-17-44(79)18-15-37)27-54(82)50(33-78)75-60(88)41(24-42-30-70-47-11-7-6-10-46(42)47)28-53(81)49(29-43-31-68-35-72-43)74-57(85)38-16-19-45(80)25-38;1-2(3)4;/h6-7,10-11,14-15,17-18,30-31,35-36,38-41,48-52,70,78-79H,8-9,12-13,16,19-29,32-34H2,1-5H3,(H,68,72)(H,73,86)(H,74,85)(H,75,88)(H,76,87)(H4,65,66,69)(H3,67,71,90);1H3,(H,3,4);1H4. The molecule has 1 saturated heterocycles. The maximum Gasteiger partial charge on any atom is 0.312 e. The summed E-state index contributed by atoms with van der Waals surface area (Å²) in [5, 5.41) is 42.6. The van der Waals surface area contributed by atoms with Crippen LogP contribution in [0.3, 0.4) is 0 Å². The molecule has 29 heteroatoms. The summed E-state index contributed by atoms with van der Waals surface area (Å²) in [6, 6.07) is 5.92. The average Bonchev–Trinajstić information content (AvgIpc) is 1.84. The predicted octanol–water partition coefficient (Wildman–Crippen LogP) is 2.52. The number of carbonyl (C=O) groups is 12. The topological polar surface area (TPSA) is 473 Å². The van der Waals surface area contributed by atoms with Gasteiger partial charge >= 0.3 is 6.03 Å². The summed E-state index contributed by atoms with van der Waals surface area (Å²) >= 11 is 0. The van der Waals surface area contributed by atoms with Crippen molar-refractivity contribution in [3.8, 4) is 5.75 Å². The number of hydrogen-bond donors (Lipinski definition) is 13. The molecule has 16 N–H and O–H groups in total. The summed E-state index contributed by atoms with van der Waals surface area (Å²) in [7, 11) is 0. The van der Waals surface area contributed by atoms with Crippen molar-refractivity contribution in [1.82, 2.24) is 46.4 Å². The highest BCUT2D eigenvalue weighted by Crippen LogP contribution is 2.28. The fourth-order valence-corrected chi connectivity index (χ4v) is 11.5. The van der Waals surface area contributed by atoms with Crippen LogP contribution in [0.15, 0.2) is 72.2 Å². The van der Waals surface area contributed by atoms with E-state index in [1.807, 2.05) is 38.1 Å². The highest BCUT2D eigenvalue weighted by molar-refractivity contribution is 5.99. The first-order valence-corrected chi connectivity index (χ1v) is 31.9. The Morgan fingerprint density at radius 2 is 1.39 bits per heavy atom. The number of benzene rings is 2. The number of aliphatic carboxylic acids is 1. The summed E-state index contributed by atoms with van der Waals surface area (Å²) < 4.78 is 6.10. The monoisotopic (exact) mass is 1340 g/mol. The predicted molar refractivity (Wildman–Crippen MR) is 355 cm³/mol. The lowest BCUT2D eigenvalue weighted by Crippen LogP contribution is -2.54. The zero-order valence-corrected chi connectivity index (χ0v) is 54.8. The number of urea groups is 1. The molecule has 2 fully saturated rings. The van der Waals surface area contributed by atoms with Gasteiger partial charge in [-0.3, -0.25) is 57.7 Å². The van der Waals surface area contributed by atoms with Gasteiger partial charge in [0.25, 0.3) is 5.97 Å². The van der Waals surface area contributed by atoms with E-state index in [-0.39, 0.29) is 102 Å². The molecule has 526 valence electrons. The summed E-state index contributed by atoms with van der Waals surface area (Å²) in [6.45, 7) is 8.52. The van der Waals surface area contributed by atoms with E-state index in [9.17, 15) is 63.0 Å². The number of nitrogens with one attached hydrogen (secondary N) is 7. The molecule has 0 radical (unpaired) electrons. The smallest absolute Gasteiger partial charge is 0.312 e. The number of H-pyrrole nitrogens is 2. The van der Waals surface area contributed by atoms with E-state index in [1.54, 1.807) is 27.0 Å². The molecule has 4 aromatic rings. The average molecular weight is 1340 g/mol. The van der Waals surface area contributed by atoms with Crippen LogP contribution in [0.25, 0.3) is 10.9 Å². The molecule has 2 aromatic heterocycles. The number of aromatic nitrogens is 3. The van der Waals surface area contributed by atoms with Gasteiger partial charge in [-0.15, -0.1) is 0 Å². The fraction of sp³-hybridized carbons (Fsp3) is 0.552.